The summed E-state index contributed by atoms with van der Waals surface area (Å²) in [4.78, 5) is 0. The number of nitrogens with one attached hydrogen (secondary N) is 1. The Kier molecular flexibility index (Phi) is 3.50. The Morgan fingerprint density at radius 2 is 2.00 bits per heavy atom. The summed E-state index contributed by atoms with van der Waals surface area (Å²) in [5, 5.41) is 4.80. The molecule has 0 saturated carbocycles. The van der Waals surface area contributed by atoms with Gasteiger partial charge in [0.15, 0.2) is 0 Å². The van der Waals surface area contributed by atoms with Gasteiger partial charge in [-0.1, -0.05) is 18.2 Å². The third-order valence-corrected chi connectivity index (χ3v) is 2.22. The van der Waals surface area contributed by atoms with Crippen LogP contribution >= 0.6 is 23.4 Å². The molecular formula is C9H10ClNS. The molecule has 0 aliphatic heterocycles. The van der Waals surface area contributed by atoms with Gasteiger partial charge in [0.2, 0.25) is 0 Å². The second-order valence-corrected chi connectivity index (χ2v) is 3.60. The highest BCUT2D eigenvalue weighted by Gasteiger charge is 1.92. The van der Waals surface area contributed by atoms with E-state index in [9.17, 15) is 0 Å². The topological polar surface area (TPSA) is 12.0 Å². The van der Waals surface area contributed by atoms with E-state index >= 15 is 0 Å². The van der Waals surface area contributed by atoms with E-state index in [2.05, 4.69) is 11.9 Å². The average Bonchev–Trinajstić information content (AvgIpc) is 2.09. The molecule has 0 atom stereocenters. The largest absolute Gasteiger partial charge is 0.351 e. The van der Waals surface area contributed by atoms with Crippen molar-refractivity contribution in [2.24, 2.45) is 0 Å². The predicted molar refractivity (Wildman–Crippen MR) is 57.7 cm³/mol. The number of hydrogen-bond acceptors (Lipinski definition) is 2. The summed E-state index contributed by atoms with van der Waals surface area (Å²) in [6, 6.07) is 7.53. The van der Waals surface area contributed by atoms with Crippen LogP contribution in [0.25, 0.3) is 0 Å². The molecule has 1 rings (SSSR count). The molecular weight excluding hydrogens is 190 g/mol. The molecule has 0 spiro atoms. The highest BCUT2D eigenvalue weighted by molar-refractivity contribution is 8.02. The summed E-state index contributed by atoms with van der Waals surface area (Å²) in [5.74, 6) is 0. The van der Waals surface area contributed by atoms with Crippen molar-refractivity contribution in [2.75, 3.05) is 11.6 Å². The van der Waals surface area contributed by atoms with E-state index < -0.39 is 0 Å². The van der Waals surface area contributed by atoms with Gasteiger partial charge in [-0.3, -0.25) is 0 Å². The monoisotopic (exact) mass is 199 g/mol. The predicted octanol–water partition coefficient (Wildman–Crippen LogP) is 3.59. The van der Waals surface area contributed by atoms with Crippen molar-refractivity contribution in [3.8, 4) is 0 Å². The van der Waals surface area contributed by atoms with Gasteiger partial charge in [-0.25, -0.2) is 0 Å². The minimum Gasteiger partial charge on any atom is -0.351 e. The van der Waals surface area contributed by atoms with E-state index in [0.717, 1.165) is 15.7 Å². The van der Waals surface area contributed by atoms with E-state index in [1.54, 1.807) is 11.8 Å². The van der Waals surface area contributed by atoms with Crippen LogP contribution in [0, 0.1) is 0 Å². The van der Waals surface area contributed by atoms with E-state index in [1.165, 1.54) is 0 Å². The SMILES string of the molecule is C=C(Nc1ccc(Cl)cc1)SC. The average molecular weight is 200 g/mol. The Morgan fingerprint density at radius 1 is 1.42 bits per heavy atom. The smallest absolute Gasteiger partial charge is 0.0649 e. The molecule has 0 fully saturated rings. The molecule has 0 unspecified atom stereocenters. The molecule has 1 aromatic carbocycles. The zero-order chi connectivity index (χ0) is 8.97. The van der Waals surface area contributed by atoms with Crippen LogP contribution in [-0.4, -0.2) is 6.26 Å². The van der Waals surface area contributed by atoms with Crippen molar-refractivity contribution in [3.05, 3.63) is 40.9 Å². The summed E-state index contributed by atoms with van der Waals surface area (Å²) >= 11 is 7.31. The lowest BCUT2D eigenvalue weighted by Crippen LogP contribution is -1.92. The normalized spacial score (nSPS) is 9.50. The van der Waals surface area contributed by atoms with Gasteiger partial charge in [0.25, 0.3) is 0 Å². The van der Waals surface area contributed by atoms with Gasteiger partial charge in [0.1, 0.15) is 0 Å². The fourth-order valence-electron chi connectivity index (χ4n) is 0.745. The third kappa shape index (κ3) is 2.80. The molecule has 3 heteroatoms. The van der Waals surface area contributed by atoms with E-state index in [-0.39, 0.29) is 0 Å². The molecule has 0 aliphatic rings. The molecule has 0 bridgehead atoms. The molecule has 0 aliphatic carbocycles. The van der Waals surface area contributed by atoms with Crippen molar-refractivity contribution in [2.45, 2.75) is 0 Å². The molecule has 1 N–H and O–H groups in total. The minimum absolute atomic E-state index is 0.746. The molecule has 0 saturated heterocycles. The zero-order valence-corrected chi connectivity index (χ0v) is 8.38. The van der Waals surface area contributed by atoms with Crippen LogP contribution in [0.1, 0.15) is 0 Å². The summed E-state index contributed by atoms with van der Waals surface area (Å²) in [6.07, 6.45) is 1.98. The molecule has 0 aromatic heterocycles. The van der Waals surface area contributed by atoms with Crippen molar-refractivity contribution in [1.82, 2.24) is 0 Å². The molecule has 0 heterocycles. The minimum atomic E-state index is 0.746. The van der Waals surface area contributed by atoms with Crippen molar-refractivity contribution in [1.29, 1.82) is 0 Å². The van der Waals surface area contributed by atoms with Crippen LogP contribution in [0.4, 0.5) is 5.69 Å². The van der Waals surface area contributed by atoms with Gasteiger partial charge < -0.3 is 5.32 Å². The molecule has 64 valence electrons. The highest BCUT2D eigenvalue weighted by Crippen LogP contribution is 2.17. The first-order valence-electron chi connectivity index (χ1n) is 3.48. The van der Waals surface area contributed by atoms with Gasteiger partial charge in [-0.05, 0) is 30.5 Å². The lowest BCUT2D eigenvalue weighted by atomic mass is 10.3. The maximum Gasteiger partial charge on any atom is 0.0649 e. The van der Waals surface area contributed by atoms with Gasteiger partial charge in [-0.15, -0.1) is 11.8 Å². The van der Waals surface area contributed by atoms with Gasteiger partial charge >= 0.3 is 0 Å². The number of hydrogen-bond donors (Lipinski definition) is 1. The number of thioether (sulfide) groups is 1. The summed E-state index contributed by atoms with van der Waals surface area (Å²) in [5.41, 5.74) is 1.01. The van der Waals surface area contributed by atoms with Crippen molar-refractivity contribution in [3.63, 3.8) is 0 Å². The lowest BCUT2D eigenvalue weighted by molar-refractivity contribution is 1.57. The van der Waals surface area contributed by atoms with Crippen LogP contribution in [-0.2, 0) is 0 Å². The first-order chi connectivity index (χ1) is 5.72. The first-order valence-corrected chi connectivity index (χ1v) is 5.08. The summed E-state index contributed by atoms with van der Waals surface area (Å²) < 4.78 is 0. The van der Waals surface area contributed by atoms with E-state index in [0.29, 0.717) is 0 Å². The quantitative estimate of drug-likeness (QED) is 0.799. The molecule has 0 amide bonds. The Labute approximate surface area is 81.8 Å². The highest BCUT2D eigenvalue weighted by atomic mass is 35.5. The number of benzene rings is 1. The lowest BCUT2D eigenvalue weighted by Gasteiger charge is -2.05. The van der Waals surface area contributed by atoms with Gasteiger partial charge in [0.05, 0.1) is 5.03 Å². The number of anilines is 1. The Morgan fingerprint density at radius 3 is 2.50 bits per heavy atom. The Hall–Kier alpha value is -0.600. The number of rotatable bonds is 3. The first kappa shape index (κ1) is 9.49. The van der Waals surface area contributed by atoms with Crippen LogP contribution in [0.2, 0.25) is 5.02 Å². The van der Waals surface area contributed by atoms with Crippen molar-refractivity contribution >= 4 is 29.1 Å². The van der Waals surface area contributed by atoms with Gasteiger partial charge in [0, 0.05) is 10.7 Å². The number of halogens is 1. The second-order valence-electron chi connectivity index (χ2n) is 2.26. The Bertz CT molecular complexity index is 268. The van der Waals surface area contributed by atoms with E-state index in [1.807, 2.05) is 30.5 Å². The van der Waals surface area contributed by atoms with E-state index in [4.69, 9.17) is 11.6 Å². The second kappa shape index (κ2) is 4.43. The fourth-order valence-corrected chi connectivity index (χ4v) is 1.09. The van der Waals surface area contributed by atoms with Crippen molar-refractivity contribution < 1.29 is 0 Å². The maximum absolute atomic E-state index is 5.73. The summed E-state index contributed by atoms with van der Waals surface area (Å²) in [7, 11) is 0. The van der Waals surface area contributed by atoms with Crippen LogP contribution < -0.4 is 5.32 Å². The summed E-state index contributed by atoms with van der Waals surface area (Å²) in [6.45, 7) is 3.81. The van der Waals surface area contributed by atoms with Crippen LogP contribution in [0.5, 0.6) is 0 Å². The molecule has 1 aromatic rings. The van der Waals surface area contributed by atoms with Crippen LogP contribution in [0.3, 0.4) is 0 Å². The van der Waals surface area contributed by atoms with Crippen LogP contribution in [0.15, 0.2) is 35.9 Å². The molecule has 1 nitrogen and oxygen atoms in total. The standard InChI is InChI=1S/C9H10ClNS/c1-7(12-2)11-9-5-3-8(10)4-6-9/h3-6,11H,1H2,2H3. The molecule has 12 heavy (non-hydrogen) atoms. The third-order valence-electron chi connectivity index (χ3n) is 1.37. The van der Waals surface area contributed by atoms with Gasteiger partial charge in [-0.2, -0.15) is 0 Å². The fraction of sp³-hybridized carbons (Fsp3) is 0.111. The zero-order valence-electron chi connectivity index (χ0n) is 6.80. The Balaban J connectivity index is 2.64. The maximum atomic E-state index is 5.73. The molecule has 0 radical (unpaired) electrons.